The molecule has 0 unspecified atom stereocenters. The Morgan fingerprint density at radius 1 is 0.452 bits per heavy atom. The first kappa shape index (κ1) is 35.7. The summed E-state index contributed by atoms with van der Waals surface area (Å²) in [5.74, 6) is 1.73. The second kappa shape index (κ2) is 13.9. The standard InChI is InChI=1S/C58H38N4/c1-3-18-37(4-2)55-59-56(38-19-7-5-8-20-38)61-57(60-55)40-32-34-53-47(36-40)46-35-39(31-33-52(46)62(53)41-21-9-6-10-22-41)42-26-17-30-51-54(42)45-25-13-16-29-50(45)58(51)48-27-14-11-23-43(48)44-24-12-15-28-49(44)58/h3-36H,1-2H2/b37-18+. The van der Waals surface area contributed by atoms with Gasteiger partial charge in [0.2, 0.25) is 0 Å². The third-order valence-electron chi connectivity index (χ3n) is 12.8. The molecule has 0 N–H and O–H groups in total. The number of allylic oxidation sites excluding steroid dienone is 4. The van der Waals surface area contributed by atoms with Crippen molar-refractivity contribution in [1.82, 2.24) is 19.5 Å². The minimum atomic E-state index is -0.411. The van der Waals surface area contributed by atoms with Crippen LogP contribution in [0.2, 0.25) is 0 Å². The van der Waals surface area contributed by atoms with Crippen molar-refractivity contribution in [3.05, 3.63) is 248 Å². The summed E-state index contributed by atoms with van der Waals surface area (Å²) in [7, 11) is 0. The van der Waals surface area contributed by atoms with Crippen LogP contribution < -0.4 is 0 Å². The number of aromatic nitrogens is 4. The lowest BCUT2D eigenvalue weighted by Gasteiger charge is -2.30. The summed E-state index contributed by atoms with van der Waals surface area (Å²) in [5.41, 5.74) is 18.4. The summed E-state index contributed by atoms with van der Waals surface area (Å²) < 4.78 is 2.36. The van der Waals surface area contributed by atoms with Crippen molar-refractivity contribution in [2.45, 2.75) is 5.41 Å². The van der Waals surface area contributed by atoms with Crippen molar-refractivity contribution in [3.8, 4) is 61.8 Å². The molecule has 8 aromatic carbocycles. The highest BCUT2D eigenvalue weighted by molar-refractivity contribution is 6.12. The molecule has 62 heavy (non-hydrogen) atoms. The highest BCUT2D eigenvalue weighted by Crippen LogP contribution is 2.64. The predicted octanol–water partition coefficient (Wildman–Crippen LogP) is 14.1. The van der Waals surface area contributed by atoms with Gasteiger partial charge in [0.25, 0.3) is 0 Å². The summed E-state index contributed by atoms with van der Waals surface area (Å²) in [6.07, 6.45) is 5.37. The molecule has 0 radical (unpaired) electrons. The smallest absolute Gasteiger partial charge is 0.164 e. The van der Waals surface area contributed by atoms with Gasteiger partial charge in [-0.1, -0.05) is 177 Å². The van der Waals surface area contributed by atoms with Gasteiger partial charge in [-0.05, 0) is 98.1 Å². The van der Waals surface area contributed by atoms with Crippen LogP contribution in [0.4, 0.5) is 0 Å². The average molecular weight is 791 g/mol. The third kappa shape index (κ3) is 5.10. The second-order valence-electron chi connectivity index (χ2n) is 16.0. The number of benzene rings is 8. The lowest BCUT2D eigenvalue weighted by molar-refractivity contribution is 0.794. The van der Waals surface area contributed by atoms with Crippen LogP contribution in [0.25, 0.3) is 89.2 Å². The van der Waals surface area contributed by atoms with Gasteiger partial charge >= 0.3 is 0 Å². The lowest BCUT2D eigenvalue weighted by atomic mass is 9.70. The molecule has 10 aromatic rings. The fraction of sp³-hybridized carbons (Fsp3) is 0.0172. The number of rotatable bonds is 7. The maximum Gasteiger partial charge on any atom is 0.164 e. The molecule has 4 heteroatoms. The van der Waals surface area contributed by atoms with Crippen molar-refractivity contribution in [2.24, 2.45) is 0 Å². The van der Waals surface area contributed by atoms with Crippen LogP contribution in [0.15, 0.2) is 219 Å². The molecule has 0 aliphatic heterocycles. The normalized spacial score (nSPS) is 13.2. The quantitative estimate of drug-likeness (QED) is 0.151. The van der Waals surface area contributed by atoms with Gasteiger partial charge in [0.1, 0.15) is 0 Å². The van der Waals surface area contributed by atoms with Gasteiger partial charge in [-0.2, -0.15) is 0 Å². The molecule has 0 saturated heterocycles. The molecule has 0 saturated carbocycles. The van der Waals surface area contributed by atoms with Crippen LogP contribution in [0, 0.1) is 0 Å². The van der Waals surface area contributed by atoms with Gasteiger partial charge in [-0.25, -0.2) is 15.0 Å². The molecular formula is C58H38N4. The predicted molar refractivity (Wildman–Crippen MR) is 255 cm³/mol. The molecule has 2 aliphatic rings. The summed E-state index contributed by atoms with van der Waals surface area (Å²) in [4.78, 5) is 15.0. The van der Waals surface area contributed by atoms with E-state index < -0.39 is 5.41 Å². The topological polar surface area (TPSA) is 43.6 Å². The number of hydrogen-bond donors (Lipinski definition) is 0. The average Bonchev–Trinajstić information content (AvgIpc) is 3.95. The molecule has 2 aliphatic carbocycles. The summed E-state index contributed by atoms with van der Waals surface area (Å²) in [6, 6.07) is 68.1. The molecule has 2 aromatic heterocycles. The van der Waals surface area contributed by atoms with Gasteiger partial charge in [0, 0.05) is 33.2 Å². The van der Waals surface area contributed by atoms with Crippen molar-refractivity contribution in [2.75, 3.05) is 0 Å². The fourth-order valence-corrected chi connectivity index (χ4v) is 10.3. The third-order valence-corrected chi connectivity index (χ3v) is 12.8. The van der Waals surface area contributed by atoms with Gasteiger partial charge in [0.15, 0.2) is 17.5 Å². The van der Waals surface area contributed by atoms with Gasteiger partial charge in [-0.15, -0.1) is 0 Å². The number of nitrogens with zero attached hydrogens (tertiary/aromatic N) is 4. The molecule has 0 fully saturated rings. The first-order valence-corrected chi connectivity index (χ1v) is 21.0. The van der Waals surface area contributed by atoms with Crippen molar-refractivity contribution >= 4 is 27.4 Å². The monoisotopic (exact) mass is 790 g/mol. The zero-order valence-corrected chi connectivity index (χ0v) is 33.8. The second-order valence-corrected chi connectivity index (χ2v) is 16.0. The molecular weight excluding hydrogens is 753 g/mol. The molecule has 1 spiro atoms. The molecule has 4 nitrogen and oxygen atoms in total. The first-order valence-electron chi connectivity index (χ1n) is 21.0. The summed E-state index contributed by atoms with van der Waals surface area (Å²) in [5, 5.41) is 2.26. The summed E-state index contributed by atoms with van der Waals surface area (Å²) >= 11 is 0. The lowest BCUT2D eigenvalue weighted by Crippen LogP contribution is -2.25. The Bertz CT molecular complexity index is 3460. The van der Waals surface area contributed by atoms with E-state index in [0.717, 1.165) is 49.8 Å². The van der Waals surface area contributed by atoms with Crippen molar-refractivity contribution < 1.29 is 0 Å². The van der Waals surface area contributed by atoms with E-state index in [0.29, 0.717) is 17.5 Å². The van der Waals surface area contributed by atoms with Crippen LogP contribution >= 0.6 is 0 Å². The Balaban J connectivity index is 1.10. The molecule has 0 bridgehead atoms. The largest absolute Gasteiger partial charge is 0.309 e. The summed E-state index contributed by atoms with van der Waals surface area (Å²) in [6.45, 7) is 7.98. The highest BCUT2D eigenvalue weighted by Gasteiger charge is 2.51. The zero-order chi connectivity index (χ0) is 41.4. The maximum absolute atomic E-state index is 5.08. The highest BCUT2D eigenvalue weighted by atomic mass is 15.0. The molecule has 12 rings (SSSR count). The molecule has 290 valence electrons. The van der Waals surface area contributed by atoms with E-state index in [2.05, 4.69) is 175 Å². The number of fused-ring (bicyclic) bond motifs is 13. The number of para-hydroxylation sites is 1. The fourth-order valence-electron chi connectivity index (χ4n) is 10.3. The minimum absolute atomic E-state index is 0.411. The SMILES string of the molecule is C=C/C=C(\C=C)c1nc(-c2ccccc2)nc(-c2ccc3c(c2)c2cc(-c4cccc5c4-c4ccccc4C54c5ccccc5-c5ccccc54)ccc2n3-c2ccccc2)n1. The van der Waals surface area contributed by atoms with E-state index in [1.54, 1.807) is 12.2 Å². The Morgan fingerprint density at radius 2 is 0.968 bits per heavy atom. The molecule has 2 heterocycles. The van der Waals surface area contributed by atoms with Gasteiger partial charge < -0.3 is 4.57 Å². The van der Waals surface area contributed by atoms with E-state index in [1.807, 2.05) is 36.4 Å². The van der Waals surface area contributed by atoms with Crippen molar-refractivity contribution in [3.63, 3.8) is 0 Å². The van der Waals surface area contributed by atoms with E-state index in [9.17, 15) is 0 Å². The van der Waals surface area contributed by atoms with Crippen LogP contribution in [0.1, 0.15) is 28.1 Å². The van der Waals surface area contributed by atoms with E-state index in [4.69, 9.17) is 15.0 Å². The maximum atomic E-state index is 5.08. The van der Waals surface area contributed by atoms with Crippen LogP contribution in [0.5, 0.6) is 0 Å². The Kier molecular flexibility index (Phi) is 8.03. The number of hydrogen-bond acceptors (Lipinski definition) is 3. The van der Waals surface area contributed by atoms with Crippen LogP contribution in [0.3, 0.4) is 0 Å². The minimum Gasteiger partial charge on any atom is -0.309 e. The Morgan fingerprint density at radius 3 is 1.61 bits per heavy atom. The Labute approximate surface area is 360 Å². The van der Waals surface area contributed by atoms with Gasteiger partial charge in [0.05, 0.1) is 16.4 Å². The van der Waals surface area contributed by atoms with E-state index in [1.165, 1.54) is 50.1 Å². The van der Waals surface area contributed by atoms with Crippen LogP contribution in [-0.4, -0.2) is 19.5 Å². The Hall–Kier alpha value is -8.21. The van der Waals surface area contributed by atoms with E-state index in [-0.39, 0.29) is 0 Å². The first-order chi connectivity index (χ1) is 30.7. The van der Waals surface area contributed by atoms with Crippen LogP contribution in [-0.2, 0) is 5.41 Å². The van der Waals surface area contributed by atoms with Gasteiger partial charge in [-0.3, -0.25) is 0 Å². The molecule has 0 amide bonds. The van der Waals surface area contributed by atoms with E-state index >= 15 is 0 Å². The zero-order valence-electron chi connectivity index (χ0n) is 33.8. The van der Waals surface area contributed by atoms with Crippen molar-refractivity contribution in [1.29, 1.82) is 0 Å². The molecule has 0 atom stereocenters.